The first kappa shape index (κ1) is 18.4. The molecule has 2 aromatic heterocycles. The third-order valence-corrected chi connectivity index (χ3v) is 4.89. The van der Waals surface area contributed by atoms with Crippen LogP contribution in [0.15, 0.2) is 29.4 Å². The Balaban J connectivity index is 2.51. The molecule has 0 aliphatic heterocycles. The summed E-state index contributed by atoms with van der Waals surface area (Å²) >= 11 is 7.56. The highest BCUT2D eigenvalue weighted by atomic mass is 35.5. The van der Waals surface area contributed by atoms with Gasteiger partial charge in [-0.25, -0.2) is 9.97 Å². The molecule has 0 radical (unpaired) electrons. The summed E-state index contributed by atoms with van der Waals surface area (Å²) in [5.41, 5.74) is 8.16. The van der Waals surface area contributed by atoms with Crippen LogP contribution in [0, 0.1) is 6.92 Å². The van der Waals surface area contributed by atoms with Crippen LogP contribution in [0.25, 0.3) is 16.7 Å². The number of rotatable bonds is 5. The predicted octanol–water partition coefficient (Wildman–Crippen LogP) is 3.33. The maximum absolute atomic E-state index is 12.6. The average Bonchev–Trinajstić information content (AvgIpc) is 2.95. The van der Waals surface area contributed by atoms with Gasteiger partial charge in [-0.3, -0.25) is 14.2 Å². The van der Waals surface area contributed by atoms with E-state index in [1.54, 1.807) is 19.1 Å². The largest absolute Gasteiger partial charge is 0.363 e. The number of amides is 1. The summed E-state index contributed by atoms with van der Waals surface area (Å²) in [5.74, 6) is -1.74. The molecule has 6 nitrogen and oxygen atoms in total. The van der Waals surface area contributed by atoms with Crippen molar-refractivity contribution < 1.29 is 9.59 Å². The van der Waals surface area contributed by atoms with Gasteiger partial charge >= 0.3 is 0 Å². The highest BCUT2D eigenvalue weighted by Gasteiger charge is 2.28. The summed E-state index contributed by atoms with van der Waals surface area (Å²) < 4.78 is 1.85. The second-order valence-corrected chi connectivity index (χ2v) is 6.89. The Bertz CT molecular complexity index is 1050. The third kappa shape index (κ3) is 2.97. The van der Waals surface area contributed by atoms with Crippen molar-refractivity contribution in [2.24, 2.45) is 5.73 Å². The number of primary amides is 1. The molecule has 8 heteroatoms. The number of carbonyl (C=O) groups excluding carboxylic acids is 2. The molecule has 2 N–H and O–H groups in total. The first-order valence-electron chi connectivity index (χ1n) is 7.95. The van der Waals surface area contributed by atoms with E-state index in [9.17, 15) is 9.59 Å². The molecule has 134 valence electrons. The number of benzene rings is 1. The Hall–Kier alpha value is -2.38. The molecule has 0 aliphatic carbocycles. The number of nitrogens with two attached hydrogens (primary N) is 1. The van der Waals surface area contributed by atoms with Crippen molar-refractivity contribution in [3.05, 3.63) is 46.2 Å². The molecule has 3 rings (SSSR count). The summed E-state index contributed by atoms with van der Waals surface area (Å²) in [6, 6.07) is 7.25. The zero-order valence-electron chi connectivity index (χ0n) is 14.5. The van der Waals surface area contributed by atoms with Gasteiger partial charge in [-0.2, -0.15) is 0 Å². The Morgan fingerprint density at radius 2 is 2.04 bits per heavy atom. The molecule has 0 fully saturated rings. The standard InChI is InChI=1S/C18H17ClN4O2S/c1-4-12-14(15(24)16(20)25)13-9(2)21-18(26-3)22-17(13)23(12)11-7-5-6-10(19)8-11/h5-8H,4H2,1-3H3,(H2,20,25). The van der Waals surface area contributed by atoms with Crippen LogP contribution in [0.5, 0.6) is 0 Å². The molecule has 1 aromatic carbocycles. The number of hydrogen-bond acceptors (Lipinski definition) is 5. The molecule has 1 amide bonds. The second kappa shape index (κ2) is 7.09. The van der Waals surface area contributed by atoms with Crippen LogP contribution in [0.4, 0.5) is 0 Å². The van der Waals surface area contributed by atoms with Gasteiger partial charge in [0.15, 0.2) is 5.16 Å². The maximum atomic E-state index is 12.6. The number of fused-ring (bicyclic) bond motifs is 1. The van der Waals surface area contributed by atoms with Crippen LogP contribution >= 0.6 is 23.4 Å². The predicted molar refractivity (Wildman–Crippen MR) is 103 cm³/mol. The van der Waals surface area contributed by atoms with E-state index < -0.39 is 11.7 Å². The molecule has 0 aliphatic rings. The van der Waals surface area contributed by atoms with Gasteiger partial charge in [0.05, 0.1) is 16.6 Å². The van der Waals surface area contributed by atoms with Crippen LogP contribution < -0.4 is 5.73 Å². The summed E-state index contributed by atoms with van der Waals surface area (Å²) in [6.45, 7) is 3.70. The molecular weight excluding hydrogens is 372 g/mol. The van der Waals surface area contributed by atoms with E-state index in [1.165, 1.54) is 11.8 Å². The van der Waals surface area contributed by atoms with Crippen LogP contribution in [-0.2, 0) is 11.2 Å². The summed E-state index contributed by atoms with van der Waals surface area (Å²) in [7, 11) is 0. The Labute approximate surface area is 159 Å². The summed E-state index contributed by atoms with van der Waals surface area (Å²) in [4.78, 5) is 33.3. The smallest absolute Gasteiger partial charge is 0.289 e. The van der Waals surface area contributed by atoms with Gasteiger partial charge in [0, 0.05) is 16.4 Å². The van der Waals surface area contributed by atoms with Crippen molar-refractivity contribution in [3.8, 4) is 5.69 Å². The molecular formula is C18H17ClN4O2S. The van der Waals surface area contributed by atoms with Gasteiger partial charge in [0.2, 0.25) is 0 Å². The number of aromatic nitrogens is 3. The van der Waals surface area contributed by atoms with Crippen molar-refractivity contribution in [2.75, 3.05) is 6.26 Å². The van der Waals surface area contributed by atoms with Crippen LogP contribution in [0.3, 0.4) is 0 Å². The van der Waals surface area contributed by atoms with E-state index in [2.05, 4.69) is 9.97 Å². The average molecular weight is 389 g/mol. The maximum Gasteiger partial charge on any atom is 0.289 e. The lowest BCUT2D eigenvalue weighted by atomic mass is 10.0. The number of ketones is 1. The number of aryl methyl sites for hydroxylation is 1. The normalized spacial score (nSPS) is 11.1. The van der Waals surface area contributed by atoms with Crippen molar-refractivity contribution >= 4 is 46.1 Å². The number of Topliss-reactive ketones (excluding diaryl/α,β-unsaturated/α-hetero) is 1. The van der Waals surface area contributed by atoms with Crippen LogP contribution in [0.1, 0.15) is 28.7 Å². The lowest BCUT2D eigenvalue weighted by Crippen LogP contribution is -2.24. The molecule has 0 atom stereocenters. The number of nitrogens with zero attached hydrogens (tertiary/aromatic N) is 3. The third-order valence-electron chi connectivity index (χ3n) is 4.11. The monoisotopic (exact) mass is 388 g/mol. The Kier molecular flexibility index (Phi) is 5.02. The fraction of sp³-hybridized carbons (Fsp3) is 0.222. The molecule has 0 saturated heterocycles. The fourth-order valence-corrected chi connectivity index (χ4v) is 3.65. The summed E-state index contributed by atoms with van der Waals surface area (Å²) in [6.07, 6.45) is 2.38. The fourth-order valence-electron chi connectivity index (χ4n) is 3.06. The van der Waals surface area contributed by atoms with E-state index >= 15 is 0 Å². The van der Waals surface area contributed by atoms with Crippen LogP contribution in [-0.4, -0.2) is 32.5 Å². The van der Waals surface area contributed by atoms with Gasteiger partial charge < -0.3 is 5.73 Å². The Morgan fingerprint density at radius 3 is 2.62 bits per heavy atom. The lowest BCUT2D eigenvalue weighted by Gasteiger charge is -2.10. The minimum atomic E-state index is -1.00. The van der Waals surface area contributed by atoms with Gasteiger partial charge in [-0.15, -0.1) is 0 Å². The van der Waals surface area contributed by atoms with E-state index in [0.29, 0.717) is 39.0 Å². The quantitative estimate of drug-likeness (QED) is 0.313. The van der Waals surface area contributed by atoms with Crippen molar-refractivity contribution in [1.82, 2.24) is 14.5 Å². The molecule has 2 heterocycles. The molecule has 26 heavy (non-hydrogen) atoms. The minimum Gasteiger partial charge on any atom is -0.363 e. The molecule has 0 bridgehead atoms. The first-order chi connectivity index (χ1) is 12.4. The molecule has 0 saturated carbocycles. The number of halogens is 1. The van der Waals surface area contributed by atoms with E-state index in [1.807, 2.05) is 29.9 Å². The van der Waals surface area contributed by atoms with Gasteiger partial charge in [0.25, 0.3) is 11.7 Å². The number of thioether (sulfide) groups is 1. The van der Waals surface area contributed by atoms with Crippen molar-refractivity contribution in [1.29, 1.82) is 0 Å². The minimum absolute atomic E-state index is 0.264. The Morgan fingerprint density at radius 1 is 1.31 bits per heavy atom. The van der Waals surface area contributed by atoms with Crippen LogP contribution in [0.2, 0.25) is 5.02 Å². The molecule has 3 aromatic rings. The zero-order valence-corrected chi connectivity index (χ0v) is 16.1. The summed E-state index contributed by atoms with van der Waals surface area (Å²) in [5, 5.41) is 1.69. The van der Waals surface area contributed by atoms with E-state index in [0.717, 1.165) is 5.69 Å². The molecule has 0 spiro atoms. The topological polar surface area (TPSA) is 90.9 Å². The first-order valence-corrected chi connectivity index (χ1v) is 9.55. The van der Waals surface area contributed by atoms with Crippen molar-refractivity contribution in [3.63, 3.8) is 0 Å². The van der Waals surface area contributed by atoms with Gasteiger partial charge in [0.1, 0.15) is 5.65 Å². The van der Waals surface area contributed by atoms with E-state index in [4.69, 9.17) is 17.3 Å². The molecule has 0 unspecified atom stereocenters. The second-order valence-electron chi connectivity index (χ2n) is 5.68. The van der Waals surface area contributed by atoms with Crippen molar-refractivity contribution in [2.45, 2.75) is 25.4 Å². The highest BCUT2D eigenvalue weighted by Crippen LogP contribution is 2.33. The number of carbonyl (C=O) groups is 2. The van der Waals surface area contributed by atoms with Gasteiger partial charge in [-0.05, 0) is 37.8 Å². The zero-order chi connectivity index (χ0) is 19.0. The van der Waals surface area contributed by atoms with Gasteiger partial charge in [-0.1, -0.05) is 36.4 Å². The highest BCUT2D eigenvalue weighted by molar-refractivity contribution is 7.98. The number of hydrogen-bond donors (Lipinski definition) is 1. The lowest BCUT2D eigenvalue weighted by molar-refractivity contribution is -0.114. The SMILES string of the molecule is CCc1c(C(=O)C(N)=O)c2c(C)nc(SC)nc2n1-c1cccc(Cl)c1. The van der Waals surface area contributed by atoms with E-state index in [-0.39, 0.29) is 5.56 Å².